The molecule has 51 heavy (non-hydrogen) atoms. The van der Waals surface area contributed by atoms with Crippen molar-refractivity contribution in [2.24, 2.45) is 5.92 Å². The lowest BCUT2D eigenvalue weighted by Crippen LogP contribution is -2.37. The van der Waals surface area contributed by atoms with Gasteiger partial charge in [0.2, 0.25) is 0 Å². The van der Waals surface area contributed by atoms with E-state index in [-0.39, 0.29) is 0 Å². The first kappa shape index (κ1) is 29.9. The van der Waals surface area contributed by atoms with Crippen LogP contribution in [0.1, 0.15) is 87.0 Å². The zero-order chi connectivity index (χ0) is 33.5. The molecule has 3 heterocycles. The summed E-state index contributed by atoms with van der Waals surface area (Å²) in [7, 11) is 0. The summed E-state index contributed by atoms with van der Waals surface area (Å²) in [5, 5.41) is 1.32. The number of hydrogen-bond donors (Lipinski definition) is 0. The molecular weight excluding hydrogens is 621 g/mol. The Morgan fingerprint density at radius 3 is 2.49 bits per heavy atom. The second-order valence-electron chi connectivity index (χ2n) is 15.9. The number of anilines is 1. The molecule has 0 amide bonds. The van der Waals surface area contributed by atoms with Crippen molar-refractivity contribution in [3.8, 4) is 0 Å². The van der Waals surface area contributed by atoms with Crippen molar-refractivity contribution in [2.45, 2.75) is 95.1 Å². The third kappa shape index (κ3) is 4.76. The van der Waals surface area contributed by atoms with Crippen molar-refractivity contribution in [1.29, 1.82) is 0 Å². The molecule has 2 aromatic carbocycles. The topological polar surface area (TPSA) is 19.6 Å². The van der Waals surface area contributed by atoms with Crippen LogP contribution in [0.3, 0.4) is 0 Å². The smallest absolute Gasteiger partial charge is 0.134 e. The predicted octanol–water partition coefficient (Wildman–Crippen LogP) is 11.6. The molecule has 3 heteroatoms. The molecule has 11 rings (SSSR count). The lowest BCUT2D eigenvalue weighted by Gasteiger charge is -2.38. The third-order valence-electron chi connectivity index (χ3n) is 13.4. The Bertz CT molecular complexity index is 2260. The van der Waals surface area contributed by atoms with Gasteiger partial charge in [-0.1, -0.05) is 85.0 Å². The molecule has 254 valence electrons. The SMILES string of the molecule is C1=CCCC(C2=CC=C(N3c4ccccc4C4CC(C5=CC=C6C(C5)C5=C(CCC=C5)N6C5CCc6oc7ccccc7c6C5)=CCC43)CC2)=C1. The number of rotatable bonds is 4. The molecule has 0 fully saturated rings. The number of benzene rings is 2. The molecule has 0 radical (unpaired) electrons. The molecule has 3 aromatic rings. The van der Waals surface area contributed by atoms with E-state index in [9.17, 15) is 0 Å². The lowest BCUT2D eigenvalue weighted by molar-refractivity contribution is 0.268. The standard InChI is InChI=1S/C48H46N2O/c1-2-10-31(11-3-1)32-18-22-35(23-19-32)49-43-15-7-4-12-37(43)40-28-33(20-25-45(40)49)34-21-26-46-41(29-34)38-13-5-8-16-44(38)50(46)36-24-27-48-42(30-36)39-14-6-9-17-47(39)51-48/h1-2,4-7,9-10,12-15,17-18,20-22,26,36,40-41,45H,3,8,11,16,19,23-25,27-30H2. The van der Waals surface area contributed by atoms with Gasteiger partial charge in [-0.05, 0) is 128 Å². The number of hydrogen-bond acceptors (Lipinski definition) is 3. The third-order valence-corrected chi connectivity index (χ3v) is 13.4. The Balaban J connectivity index is 0.888. The highest BCUT2D eigenvalue weighted by molar-refractivity contribution is 5.82. The van der Waals surface area contributed by atoms with E-state index >= 15 is 0 Å². The Kier molecular flexibility index (Phi) is 6.98. The van der Waals surface area contributed by atoms with Crippen LogP contribution in [-0.4, -0.2) is 17.0 Å². The van der Waals surface area contributed by atoms with E-state index in [1.54, 1.807) is 33.7 Å². The highest BCUT2D eigenvalue weighted by atomic mass is 16.3. The van der Waals surface area contributed by atoms with E-state index in [2.05, 4.69) is 119 Å². The van der Waals surface area contributed by atoms with E-state index in [1.807, 2.05) is 0 Å². The molecule has 0 spiro atoms. The fraction of sp³-hybridized carbons (Fsp3) is 0.333. The Morgan fingerprint density at radius 1 is 0.686 bits per heavy atom. The van der Waals surface area contributed by atoms with Gasteiger partial charge in [-0.2, -0.15) is 0 Å². The minimum atomic E-state index is 0.466. The van der Waals surface area contributed by atoms with Crippen LogP contribution in [-0.2, 0) is 12.8 Å². The average Bonchev–Trinajstić information content (AvgIpc) is 3.85. The number of nitrogens with zero attached hydrogens (tertiary/aromatic N) is 2. The minimum Gasteiger partial charge on any atom is -0.461 e. The molecule has 4 unspecified atom stereocenters. The molecule has 0 saturated carbocycles. The summed E-state index contributed by atoms with van der Waals surface area (Å²) < 4.78 is 6.33. The maximum Gasteiger partial charge on any atom is 0.134 e. The molecule has 0 N–H and O–H groups in total. The van der Waals surface area contributed by atoms with Crippen molar-refractivity contribution >= 4 is 16.7 Å². The van der Waals surface area contributed by atoms with Crippen LogP contribution in [0.15, 0.2) is 159 Å². The van der Waals surface area contributed by atoms with Crippen molar-refractivity contribution in [3.63, 3.8) is 0 Å². The highest BCUT2D eigenvalue weighted by Crippen LogP contribution is 2.54. The summed E-state index contributed by atoms with van der Waals surface area (Å²) in [6.07, 6.45) is 37.9. The van der Waals surface area contributed by atoms with Crippen molar-refractivity contribution in [1.82, 2.24) is 4.90 Å². The number of aryl methyl sites for hydroxylation is 1. The van der Waals surface area contributed by atoms with Gasteiger partial charge in [0, 0.05) is 64.1 Å². The molecule has 1 aromatic heterocycles. The number of allylic oxidation sites excluding steroid dienone is 16. The van der Waals surface area contributed by atoms with Crippen molar-refractivity contribution in [3.05, 3.63) is 171 Å². The fourth-order valence-electron chi connectivity index (χ4n) is 11.0. The zero-order valence-electron chi connectivity index (χ0n) is 29.5. The minimum absolute atomic E-state index is 0.466. The summed E-state index contributed by atoms with van der Waals surface area (Å²) in [5.41, 5.74) is 17.9. The summed E-state index contributed by atoms with van der Waals surface area (Å²) in [6.45, 7) is 0. The highest BCUT2D eigenvalue weighted by Gasteiger charge is 2.45. The van der Waals surface area contributed by atoms with Gasteiger partial charge in [-0.25, -0.2) is 0 Å². The van der Waals surface area contributed by atoms with Crippen LogP contribution < -0.4 is 4.90 Å². The Labute approximate surface area is 302 Å². The van der Waals surface area contributed by atoms with Gasteiger partial charge in [-0.3, -0.25) is 0 Å². The van der Waals surface area contributed by atoms with E-state index < -0.39 is 0 Å². The van der Waals surface area contributed by atoms with Crippen LogP contribution in [0, 0.1) is 5.92 Å². The number of furan rings is 1. The summed E-state index contributed by atoms with van der Waals surface area (Å²) >= 11 is 0. The zero-order valence-corrected chi connectivity index (χ0v) is 29.5. The lowest BCUT2D eigenvalue weighted by atomic mass is 9.76. The molecule has 0 bridgehead atoms. The molecule has 6 aliphatic carbocycles. The van der Waals surface area contributed by atoms with Crippen LogP contribution in [0.25, 0.3) is 11.0 Å². The molecular formula is C48H46N2O. The van der Waals surface area contributed by atoms with E-state index in [4.69, 9.17) is 4.42 Å². The molecule has 8 aliphatic rings. The quantitative estimate of drug-likeness (QED) is 0.276. The van der Waals surface area contributed by atoms with Gasteiger partial charge in [0.15, 0.2) is 0 Å². The van der Waals surface area contributed by atoms with Gasteiger partial charge >= 0.3 is 0 Å². The van der Waals surface area contributed by atoms with Gasteiger partial charge < -0.3 is 14.2 Å². The maximum absolute atomic E-state index is 6.33. The normalized spacial score (nSPS) is 27.8. The first-order chi connectivity index (χ1) is 25.3. The first-order valence-electron chi connectivity index (χ1n) is 19.7. The van der Waals surface area contributed by atoms with Gasteiger partial charge in [0.25, 0.3) is 0 Å². The van der Waals surface area contributed by atoms with Crippen LogP contribution in [0.4, 0.5) is 5.69 Å². The van der Waals surface area contributed by atoms with Gasteiger partial charge in [-0.15, -0.1) is 0 Å². The molecule has 0 saturated heterocycles. The predicted molar refractivity (Wildman–Crippen MR) is 208 cm³/mol. The maximum atomic E-state index is 6.33. The molecule has 3 nitrogen and oxygen atoms in total. The van der Waals surface area contributed by atoms with Gasteiger partial charge in [0.1, 0.15) is 11.3 Å². The van der Waals surface area contributed by atoms with Crippen LogP contribution in [0.5, 0.6) is 0 Å². The van der Waals surface area contributed by atoms with E-state index in [0.29, 0.717) is 23.9 Å². The van der Waals surface area contributed by atoms with Crippen molar-refractivity contribution < 1.29 is 4.42 Å². The summed E-state index contributed by atoms with van der Waals surface area (Å²) in [6, 6.07) is 19.0. The Hall–Kier alpha value is -4.76. The van der Waals surface area contributed by atoms with E-state index in [0.717, 1.165) is 69.8 Å². The molecule has 2 aliphatic heterocycles. The summed E-state index contributed by atoms with van der Waals surface area (Å²) in [5.74, 6) is 2.22. The second-order valence-corrected chi connectivity index (χ2v) is 15.9. The summed E-state index contributed by atoms with van der Waals surface area (Å²) in [4.78, 5) is 5.54. The first-order valence-corrected chi connectivity index (χ1v) is 19.7. The number of para-hydroxylation sites is 2. The van der Waals surface area contributed by atoms with E-state index in [1.165, 1.54) is 52.1 Å². The number of fused-ring (bicyclic) bond motifs is 8. The van der Waals surface area contributed by atoms with Crippen LogP contribution >= 0.6 is 0 Å². The van der Waals surface area contributed by atoms with Crippen LogP contribution in [0.2, 0.25) is 0 Å². The average molecular weight is 667 g/mol. The largest absolute Gasteiger partial charge is 0.461 e. The van der Waals surface area contributed by atoms with Gasteiger partial charge in [0.05, 0.1) is 0 Å². The fourth-order valence-corrected chi connectivity index (χ4v) is 11.0. The monoisotopic (exact) mass is 666 g/mol. The Morgan fingerprint density at radius 2 is 1.57 bits per heavy atom. The second kappa shape index (κ2) is 11.9. The molecule has 4 atom stereocenters. The van der Waals surface area contributed by atoms with Crippen molar-refractivity contribution in [2.75, 3.05) is 4.90 Å².